The molecule has 0 spiro atoms. The van der Waals surface area contributed by atoms with Crippen LogP contribution in [-0.2, 0) is 11.2 Å². The van der Waals surface area contributed by atoms with Gasteiger partial charge in [-0.05, 0) is 12.8 Å². The largest absolute Gasteiger partial charge is 0.393 e. The number of piperidine rings is 1. The summed E-state index contributed by atoms with van der Waals surface area (Å²) in [6.07, 6.45) is 1.21. The number of nitrogens with zero attached hydrogens (tertiary/aromatic N) is 4. The Balaban J connectivity index is 1.86. The van der Waals surface area contributed by atoms with Gasteiger partial charge in [0.25, 0.3) is 0 Å². The molecule has 1 saturated heterocycles. The molecule has 15 heavy (non-hydrogen) atoms. The van der Waals surface area contributed by atoms with E-state index in [1.54, 1.807) is 4.90 Å². The Morgan fingerprint density at radius 3 is 2.87 bits per heavy atom. The van der Waals surface area contributed by atoms with Crippen molar-refractivity contribution >= 4 is 5.91 Å². The lowest BCUT2D eigenvalue weighted by Crippen LogP contribution is -2.40. The Morgan fingerprint density at radius 1 is 1.53 bits per heavy atom. The highest BCUT2D eigenvalue weighted by molar-refractivity contribution is 5.77. The molecule has 0 saturated carbocycles. The second-order valence-electron chi connectivity index (χ2n) is 3.62. The Labute approximate surface area is 86.5 Å². The molecular weight excluding hydrogens is 198 g/mol. The normalized spacial score (nSPS) is 18.1. The summed E-state index contributed by atoms with van der Waals surface area (Å²) in [6, 6.07) is 0. The minimum absolute atomic E-state index is 0.0108. The molecule has 0 unspecified atom stereocenters. The second-order valence-corrected chi connectivity index (χ2v) is 3.62. The summed E-state index contributed by atoms with van der Waals surface area (Å²) in [7, 11) is 0. The first kappa shape index (κ1) is 10.0. The van der Waals surface area contributed by atoms with Crippen LogP contribution in [0, 0.1) is 0 Å². The molecule has 1 aliphatic heterocycles. The van der Waals surface area contributed by atoms with Gasteiger partial charge in [0.05, 0.1) is 12.5 Å². The molecular formula is C8H13N5O2. The Hall–Kier alpha value is -1.50. The monoisotopic (exact) mass is 211 g/mol. The van der Waals surface area contributed by atoms with Crippen molar-refractivity contribution in [1.82, 2.24) is 25.5 Å². The molecule has 82 valence electrons. The van der Waals surface area contributed by atoms with Crippen LogP contribution >= 0.6 is 0 Å². The standard InChI is InChI=1S/C8H13N5O2/c14-6-1-3-13(4-2-6)8(15)5-7-9-11-12-10-7/h6,14H,1-5H2,(H,9,10,11,12). The van der Waals surface area contributed by atoms with Crippen LogP contribution in [0.1, 0.15) is 18.7 Å². The fourth-order valence-corrected chi connectivity index (χ4v) is 1.62. The van der Waals surface area contributed by atoms with Crippen LogP contribution < -0.4 is 0 Å². The predicted molar refractivity (Wildman–Crippen MR) is 49.7 cm³/mol. The number of carbonyl (C=O) groups is 1. The topological polar surface area (TPSA) is 95.0 Å². The number of aliphatic hydroxyl groups is 1. The first-order valence-electron chi connectivity index (χ1n) is 4.94. The zero-order valence-corrected chi connectivity index (χ0v) is 8.26. The Morgan fingerprint density at radius 2 is 2.27 bits per heavy atom. The number of carbonyl (C=O) groups excluding carboxylic acids is 1. The van der Waals surface area contributed by atoms with Gasteiger partial charge < -0.3 is 10.0 Å². The van der Waals surface area contributed by atoms with Gasteiger partial charge in [-0.1, -0.05) is 5.21 Å². The smallest absolute Gasteiger partial charge is 0.230 e. The minimum Gasteiger partial charge on any atom is -0.393 e. The van der Waals surface area contributed by atoms with E-state index in [9.17, 15) is 9.90 Å². The molecule has 0 aromatic carbocycles. The molecule has 0 bridgehead atoms. The Kier molecular flexibility index (Phi) is 2.91. The quantitative estimate of drug-likeness (QED) is 0.635. The number of rotatable bonds is 2. The number of H-pyrrole nitrogens is 1. The van der Waals surface area contributed by atoms with Crippen molar-refractivity contribution in [3.63, 3.8) is 0 Å². The van der Waals surface area contributed by atoms with Gasteiger partial charge in [-0.25, -0.2) is 0 Å². The van der Waals surface area contributed by atoms with Crippen molar-refractivity contribution in [2.24, 2.45) is 0 Å². The highest BCUT2D eigenvalue weighted by Crippen LogP contribution is 2.10. The van der Waals surface area contributed by atoms with Gasteiger partial charge in [0.2, 0.25) is 5.91 Å². The number of hydrogen-bond donors (Lipinski definition) is 2. The molecule has 1 aliphatic rings. The van der Waals surface area contributed by atoms with E-state index in [0.717, 1.165) is 0 Å². The summed E-state index contributed by atoms with van der Waals surface area (Å²) in [5.41, 5.74) is 0. The van der Waals surface area contributed by atoms with Gasteiger partial charge in [-0.3, -0.25) is 4.79 Å². The summed E-state index contributed by atoms with van der Waals surface area (Å²) in [5.74, 6) is 0.398. The summed E-state index contributed by atoms with van der Waals surface area (Å²) in [5, 5.41) is 22.4. The maximum atomic E-state index is 11.7. The Bertz CT molecular complexity index is 318. The summed E-state index contributed by atoms with van der Waals surface area (Å²) < 4.78 is 0. The maximum absolute atomic E-state index is 11.7. The third-order valence-electron chi connectivity index (χ3n) is 2.52. The second kappa shape index (κ2) is 4.35. The lowest BCUT2D eigenvalue weighted by molar-refractivity contribution is -0.132. The average Bonchev–Trinajstić information content (AvgIpc) is 2.71. The molecule has 0 atom stereocenters. The predicted octanol–water partition coefficient (Wildman–Crippen LogP) is -1.27. The first-order valence-corrected chi connectivity index (χ1v) is 4.94. The van der Waals surface area contributed by atoms with E-state index in [2.05, 4.69) is 20.6 Å². The minimum atomic E-state index is -0.265. The van der Waals surface area contributed by atoms with Crippen LogP contribution in [0.2, 0.25) is 0 Å². The highest BCUT2D eigenvalue weighted by atomic mass is 16.3. The molecule has 7 nitrogen and oxygen atoms in total. The van der Waals surface area contributed by atoms with Crippen molar-refractivity contribution in [2.75, 3.05) is 13.1 Å². The van der Waals surface area contributed by atoms with Crippen LogP contribution in [0.25, 0.3) is 0 Å². The number of aliphatic hydroxyl groups excluding tert-OH is 1. The van der Waals surface area contributed by atoms with Gasteiger partial charge in [0, 0.05) is 13.1 Å². The van der Waals surface area contributed by atoms with Crippen LogP contribution in [-0.4, -0.2) is 55.7 Å². The number of aromatic amines is 1. The third-order valence-corrected chi connectivity index (χ3v) is 2.52. The van der Waals surface area contributed by atoms with Gasteiger partial charge in [-0.2, -0.15) is 5.21 Å². The lowest BCUT2D eigenvalue weighted by atomic mass is 10.1. The van der Waals surface area contributed by atoms with Gasteiger partial charge >= 0.3 is 0 Å². The number of hydrogen-bond acceptors (Lipinski definition) is 5. The van der Waals surface area contributed by atoms with Crippen molar-refractivity contribution < 1.29 is 9.90 Å². The third kappa shape index (κ3) is 2.50. The molecule has 7 heteroatoms. The van der Waals surface area contributed by atoms with Gasteiger partial charge in [0.1, 0.15) is 0 Å². The molecule has 0 aliphatic carbocycles. The molecule has 1 aromatic heterocycles. The van der Waals surface area contributed by atoms with Crippen molar-refractivity contribution in [3.8, 4) is 0 Å². The van der Waals surface area contributed by atoms with Gasteiger partial charge in [0.15, 0.2) is 5.82 Å². The molecule has 2 heterocycles. The van der Waals surface area contributed by atoms with Crippen LogP contribution in [0.3, 0.4) is 0 Å². The SMILES string of the molecule is O=C(Cc1nn[nH]n1)N1CCC(O)CC1. The van der Waals surface area contributed by atoms with Gasteiger partial charge in [-0.15, -0.1) is 10.2 Å². The van der Waals surface area contributed by atoms with Crippen molar-refractivity contribution in [2.45, 2.75) is 25.4 Å². The lowest BCUT2D eigenvalue weighted by Gasteiger charge is -2.29. The van der Waals surface area contributed by atoms with E-state index in [1.165, 1.54) is 0 Å². The zero-order chi connectivity index (χ0) is 10.7. The van der Waals surface area contributed by atoms with E-state index >= 15 is 0 Å². The number of tetrazole rings is 1. The summed E-state index contributed by atoms with van der Waals surface area (Å²) in [6.45, 7) is 1.22. The molecule has 2 N–H and O–H groups in total. The van der Waals surface area contributed by atoms with E-state index in [4.69, 9.17) is 0 Å². The number of aromatic nitrogens is 4. The van der Waals surface area contributed by atoms with Crippen molar-refractivity contribution in [1.29, 1.82) is 0 Å². The van der Waals surface area contributed by atoms with Crippen molar-refractivity contribution in [3.05, 3.63) is 5.82 Å². The molecule has 1 amide bonds. The summed E-state index contributed by atoms with van der Waals surface area (Å²) >= 11 is 0. The van der Waals surface area contributed by atoms with E-state index in [1.807, 2.05) is 0 Å². The number of amides is 1. The highest BCUT2D eigenvalue weighted by Gasteiger charge is 2.22. The van der Waals surface area contributed by atoms with E-state index in [-0.39, 0.29) is 18.4 Å². The maximum Gasteiger partial charge on any atom is 0.230 e. The van der Waals surface area contributed by atoms with E-state index in [0.29, 0.717) is 31.8 Å². The molecule has 2 rings (SSSR count). The number of likely N-dealkylation sites (tertiary alicyclic amines) is 1. The van der Waals surface area contributed by atoms with Crippen LogP contribution in [0.15, 0.2) is 0 Å². The molecule has 1 fully saturated rings. The first-order chi connectivity index (χ1) is 7.25. The molecule has 0 radical (unpaired) electrons. The molecule has 1 aromatic rings. The van der Waals surface area contributed by atoms with Crippen LogP contribution in [0.4, 0.5) is 0 Å². The summed E-state index contributed by atoms with van der Waals surface area (Å²) in [4.78, 5) is 13.4. The average molecular weight is 211 g/mol. The van der Waals surface area contributed by atoms with Crippen LogP contribution in [0.5, 0.6) is 0 Å². The zero-order valence-electron chi connectivity index (χ0n) is 8.26. The fraction of sp³-hybridized carbons (Fsp3) is 0.750. The van der Waals surface area contributed by atoms with E-state index < -0.39 is 0 Å². The number of nitrogens with one attached hydrogen (secondary N) is 1. The fourth-order valence-electron chi connectivity index (χ4n) is 1.62.